The summed E-state index contributed by atoms with van der Waals surface area (Å²) in [4.78, 5) is 20.7. The summed E-state index contributed by atoms with van der Waals surface area (Å²) in [6.07, 6.45) is -1.29. The summed E-state index contributed by atoms with van der Waals surface area (Å²) in [5, 5.41) is 4.20. The average molecular weight is 501 g/mol. The number of carbonyl (C=O) groups is 1. The van der Waals surface area contributed by atoms with Gasteiger partial charge in [0, 0.05) is 29.1 Å². The summed E-state index contributed by atoms with van der Waals surface area (Å²) < 4.78 is 58.5. The lowest BCUT2D eigenvalue weighted by Gasteiger charge is -2.15. The smallest absolute Gasteiger partial charge is 0.405 e. The number of hydrogen-bond donors (Lipinski definition) is 2. The van der Waals surface area contributed by atoms with Gasteiger partial charge in [-0.1, -0.05) is 0 Å². The SMILES string of the molecule is Cc1nc(-c2ccn3c(-c4cc(NC(=O)NCC(F)(F)F)cc(OC(C)C)c4)cnc3c2)ccc1F. The number of nitrogens with zero attached hydrogens (tertiary/aromatic N) is 3. The Balaban J connectivity index is 1.68. The third-order valence-corrected chi connectivity index (χ3v) is 5.11. The Morgan fingerprint density at radius 2 is 1.89 bits per heavy atom. The van der Waals surface area contributed by atoms with Gasteiger partial charge in [0.05, 0.1) is 29.4 Å². The second kappa shape index (κ2) is 9.84. The zero-order chi connectivity index (χ0) is 26.0. The van der Waals surface area contributed by atoms with Crippen molar-refractivity contribution in [3.63, 3.8) is 0 Å². The molecule has 0 aliphatic heterocycles. The standard InChI is InChI=1S/C25H23F4N5O2/c1-14(2)36-19-9-17(8-18(11-19)33-24(35)31-13-25(27,28)29)22-12-30-23-10-16(6-7-34(22)23)21-5-4-20(26)15(3)32-21/h4-12,14H,13H2,1-3H3,(H2,31,33,35). The zero-order valence-electron chi connectivity index (χ0n) is 19.7. The van der Waals surface area contributed by atoms with Gasteiger partial charge in [-0.15, -0.1) is 0 Å². The lowest BCUT2D eigenvalue weighted by Crippen LogP contribution is -2.36. The molecule has 0 saturated carbocycles. The predicted molar refractivity (Wildman–Crippen MR) is 127 cm³/mol. The number of aromatic nitrogens is 3. The quantitative estimate of drug-likeness (QED) is 0.319. The Kier molecular flexibility index (Phi) is 6.82. The number of nitrogens with one attached hydrogen (secondary N) is 2. The van der Waals surface area contributed by atoms with Gasteiger partial charge in [-0.3, -0.25) is 9.38 Å². The van der Waals surface area contributed by atoms with E-state index in [4.69, 9.17) is 4.74 Å². The number of amides is 2. The molecule has 1 aromatic carbocycles. The number of imidazole rings is 1. The molecule has 0 radical (unpaired) electrons. The highest BCUT2D eigenvalue weighted by atomic mass is 19.4. The van der Waals surface area contributed by atoms with Gasteiger partial charge < -0.3 is 15.4 Å². The molecule has 0 saturated heterocycles. The van der Waals surface area contributed by atoms with Crippen molar-refractivity contribution in [1.29, 1.82) is 0 Å². The van der Waals surface area contributed by atoms with Crippen LogP contribution < -0.4 is 15.4 Å². The number of pyridine rings is 2. The van der Waals surface area contributed by atoms with Crippen molar-refractivity contribution >= 4 is 17.4 Å². The van der Waals surface area contributed by atoms with Crippen molar-refractivity contribution in [1.82, 2.24) is 19.7 Å². The first kappa shape index (κ1) is 25.0. The molecule has 0 bridgehead atoms. The van der Waals surface area contributed by atoms with Crippen molar-refractivity contribution in [2.45, 2.75) is 33.1 Å². The minimum absolute atomic E-state index is 0.177. The molecule has 4 aromatic rings. The number of hydrogen-bond acceptors (Lipinski definition) is 4. The number of carbonyl (C=O) groups excluding carboxylic acids is 1. The van der Waals surface area contributed by atoms with Gasteiger partial charge in [0.15, 0.2) is 0 Å². The topological polar surface area (TPSA) is 80.5 Å². The molecule has 0 aliphatic rings. The van der Waals surface area contributed by atoms with E-state index in [2.05, 4.69) is 15.3 Å². The number of anilines is 1. The van der Waals surface area contributed by atoms with Crippen molar-refractivity contribution in [2.75, 3.05) is 11.9 Å². The summed E-state index contributed by atoms with van der Waals surface area (Å²) in [7, 11) is 0. The number of halogens is 4. The van der Waals surface area contributed by atoms with E-state index in [1.54, 1.807) is 48.9 Å². The first-order chi connectivity index (χ1) is 17.0. The number of urea groups is 1. The number of rotatable bonds is 6. The highest BCUT2D eigenvalue weighted by Gasteiger charge is 2.27. The highest BCUT2D eigenvalue weighted by Crippen LogP contribution is 2.31. The van der Waals surface area contributed by atoms with Crippen molar-refractivity contribution in [3.05, 3.63) is 66.4 Å². The molecule has 0 unspecified atom stereocenters. The van der Waals surface area contributed by atoms with Crippen LogP contribution in [-0.4, -0.2) is 39.2 Å². The van der Waals surface area contributed by atoms with Crippen LogP contribution in [0.2, 0.25) is 0 Å². The Morgan fingerprint density at radius 1 is 1.11 bits per heavy atom. The third-order valence-electron chi connectivity index (χ3n) is 5.11. The Hall–Kier alpha value is -4.15. The lowest BCUT2D eigenvalue weighted by molar-refractivity contribution is -0.122. The zero-order valence-corrected chi connectivity index (χ0v) is 19.7. The largest absolute Gasteiger partial charge is 0.491 e. The highest BCUT2D eigenvalue weighted by molar-refractivity contribution is 5.90. The van der Waals surface area contributed by atoms with Crippen LogP contribution in [0.3, 0.4) is 0 Å². The van der Waals surface area contributed by atoms with Crippen molar-refractivity contribution in [3.8, 4) is 28.3 Å². The number of alkyl halides is 3. The van der Waals surface area contributed by atoms with Crippen LogP contribution in [-0.2, 0) is 0 Å². The summed E-state index contributed by atoms with van der Waals surface area (Å²) in [5.74, 6) is 0.0362. The van der Waals surface area contributed by atoms with Gasteiger partial charge >= 0.3 is 12.2 Å². The number of aryl methyl sites for hydroxylation is 1. The fraction of sp³-hybridized carbons (Fsp3) is 0.240. The average Bonchev–Trinajstić information content (AvgIpc) is 3.22. The van der Waals surface area contributed by atoms with E-state index in [0.717, 1.165) is 5.56 Å². The lowest BCUT2D eigenvalue weighted by atomic mass is 10.1. The number of ether oxygens (including phenoxy) is 1. The van der Waals surface area contributed by atoms with Gasteiger partial charge in [-0.25, -0.2) is 14.2 Å². The molecule has 3 heterocycles. The number of benzene rings is 1. The maximum atomic E-state index is 13.6. The second-order valence-corrected chi connectivity index (χ2v) is 8.39. The maximum Gasteiger partial charge on any atom is 0.405 e. The van der Waals surface area contributed by atoms with Crippen LogP contribution in [0.15, 0.2) is 54.9 Å². The van der Waals surface area contributed by atoms with Gasteiger partial charge in [0.1, 0.15) is 23.8 Å². The van der Waals surface area contributed by atoms with E-state index in [1.807, 2.05) is 24.3 Å². The summed E-state index contributed by atoms with van der Waals surface area (Å²) in [5.41, 5.74) is 3.77. The maximum absolute atomic E-state index is 13.6. The van der Waals surface area contributed by atoms with Crippen LogP contribution in [0.25, 0.3) is 28.2 Å². The van der Waals surface area contributed by atoms with E-state index in [9.17, 15) is 22.4 Å². The van der Waals surface area contributed by atoms with Gasteiger partial charge in [0.25, 0.3) is 0 Å². The third kappa shape index (κ3) is 5.91. The molecule has 3 aromatic heterocycles. The first-order valence-electron chi connectivity index (χ1n) is 11.0. The predicted octanol–water partition coefficient (Wildman–Crippen LogP) is 5.98. The van der Waals surface area contributed by atoms with Crippen molar-refractivity contribution in [2.24, 2.45) is 0 Å². The van der Waals surface area contributed by atoms with Crippen LogP contribution in [0, 0.1) is 12.7 Å². The molecule has 0 fully saturated rings. The fourth-order valence-electron chi connectivity index (χ4n) is 3.57. The van der Waals surface area contributed by atoms with Gasteiger partial charge in [0.2, 0.25) is 0 Å². The molecular weight excluding hydrogens is 478 g/mol. The van der Waals surface area contributed by atoms with Crippen LogP contribution in [0.1, 0.15) is 19.5 Å². The van der Waals surface area contributed by atoms with E-state index >= 15 is 0 Å². The monoisotopic (exact) mass is 501 g/mol. The molecule has 4 rings (SSSR count). The molecular formula is C25H23F4N5O2. The first-order valence-corrected chi connectivity index (χ1v) is 11.0. The molecule has 2 amide bonds. The van der Waals surface area contributed by atoms with Crippen molar-refractivity contribution < 1.29 is 27.1 Å². The van der Waals surface area contributed by atoms with E-state index in [-0.39, 0.29) is 23.3 Å². The normalized spacial score (nSPS) is 11.7. The molecule has 0 aliphatic carbocycles. The molecule has 2 N–H and O–H groups in total. The van der Waals surface area contributed by atoms with Crippen LogP contribution in [0.5, 0.6) is 5.75 Å². The molecule has 36 heavy (non-hydrogen) atoms. The van der Waals surface area contributed by atoms with E-state index < -0.39 is 18.8 Å². The fourth-order valence-corrected chi connectivity index (χ4v) is 3.57. The van der Waals surface area contributed by atoms with Gasteiger partial charge in [-0.05, 0) is 57.2 Å². The molecule has 11 heteroatoms. The summed E-state index contributed by atoms with van der Waals surface area (Å²) in [6.45, 7) is 3.80. The molecule has 188 valence electrons. The van der Waals surface area contributed by atoms with E-state index in [0.29, 0.717) is 28.3 Å². The van der Waals surface area contributed by atoms with E-state index in [1.165, 1.54) is 12.1 Å². The van der Waals surface area contributed by atoms with Gasteiger partial charge in [-0.2, -0.15) is 13.2 Å². The minimum Gasteiger partial charge on any atom is -0.491 e. The Bertz CT molecular complexity index is 1420. The Labute approximate surface area is 204 Å². The number of fused-ring (bicyclic) bond motifs is 1. The molecule has 7 nitrogen and oxygen atoms in total. The molecule has 0 atom stereocenters. The second-order valence-electron chi connectivity index (χ2n) is 8.39. The van der Waals surface area contributed by atoms with Crippen LogP contribution in [0.4, 0.5) is 28.0 Å². The summed E-state index contributed by atoms with van der Waals surface area (Å²) in [6, 6.07) is 10.5. The minimum atomic E-state index is -4.53. The Morgan fingerprint density at radius 3 is 2.58 bits per heavy atom. The summed E-state index contributed by atoms with van der Waals surface area (Å²) >= 11 is 0. The molecule has 0 spiro atoms. The van der Waals surface area contributed by atoms with Crippen LogP contribution >= 0.6 is 0 Å².